The molecule has 1 N–H and O–H groups in total. The van der Waals surface area contributed by atoms with Crippen molar-refractivity contribution >= 4 is 16.6 Å². The first kappa shape index (κ1) is 12.4. The van der Waals surface area contributed by atoms with Crippen LogP contribution in [-0.4, -0.2) is 16.7 Å². The van der Waals surface area contributed by atoms with E-state index >= 15 is 0 Å². The third-order valence-electron chi connectivity index (χ3n) is 4.39. The highest BCUT2D eigenvalue weighted by Crippen LogP contribution is 2.30. The third kappa shape index (κ3) is 2.70. The second-order valence-corrected chi connectivity index (χ2v) is 5.68. The van der Waals surface area contributed by atoms with E-state index in [1.165, 1.54) is 31.1 Å². The molecule has 1 aromatic heterocycles. The monoisotopic (exact) mass is 255 g/mol. The predicted molar refractivity (Wildman–Crippen MR) is 79.1 cm³/mol. The van der Waals surface area contributed by atoms with Gasteiger partial charge in [-0.3, -0.25) is 0 Å². The molecule has 1 aromatic carbocycles. The summed E-state index contributed by atoms with van der Waals surface area (Å²) >= 11 is 0. The molecule has 3 heteroatoms. The smallest absolute Gasteiger partial charge is 0.156 e. The van der Waals surface area contributed by atoms with Crippen LogP contribution in [0.15, 0.2) is 30.5 Å². The summed E-state index contributed by atoms with van der Waals surface area (Å²) in [6.07, 6.45) is 7.30. The number of rotatable bonds is 3. The molecule has 3 nitrogen and oxygen atoms in total. The molecule has 0 radical (unpaired) electrons. The van der Waals surface area contributed by atoms with Gasteiger partial charge in [-0.1, -0.05) is 50.5 Å². The van der Waals surface area contributed by atoms with Crippen LogP contribution in [0.25, 0.3) is 10.8 Å². The quantitative estimate of drug-likeness (QED) is 0.904. The lowest BCUT2D eigenvalue weighted by Crippen LogP contribution is -2.24. The average Bonchev–Trinajstić information content (AvgIpc) is 2.46. The highest BCUT2D eigenvalue weighted by atomic mass is 15.2. The summed E-state index contributed by atoms with van der Waals surface area (Å²) in [5.41, 5.74) is 0. The summed E-state index contributed by atoms with van der Waals surface area (Å²) in [6.45, 7) is 3.39. The van der Waals surface area contributed by atoms with Crippen LogP contribution in [0.5, 0.6) is 0 Å². The molecule has 0 saturated heterocycles. The number of hydrogen-bond donors (Lipinski definition) is 1. The van der Waals surface area contributed by atoms with Crippen LogP contribution in [0.4, 0.5) is 5.82 Å². The van der Waals surface area contributed by atoms with Crippen LogP contribution in [0.3, 0.4) is 0 Å². The summed E-state index contributed by atoms with van der Waals surface area (Å²) in [6, 6.07) is 8.28. The Hall–Kier alpha value is -1.64. The van der Waals surface area contributed by atoms with Gasteiger partial charge in [-0.25, -0.2) is 0 Å². The largest absolute Gasteiger partial charge is 0.368 e. The van der Waals surface area contributed by atoms with Crippen LogP contribution in [0.1, 0.15) is 32.6 Å². The molecular formula is C16H21N3. The minimum Gasteiger partial charge on any atom is -0.368 e. The van der Waals surface area contributed by atoms with Crippen molar-refractivity contribution in [3.8, 4) is 0 Å². The van der Waals surface area contributed by atoms with E-state index in [0.717, 1.165) is 29.6 Å². The molecule has 2 unspecified atom stereocenters. The molecular weight excluding hydrogens is 234 g/mol. The standard InChI is InChI=1S/C16H21N3/c1-12-6-2-3-7-13(12)10-17-16-15-9-5-4-8-14(15)11-18-19-16/h4-5,8-9,11-13H,2-3,6-7,10H2,1H3,(H,17,19). The van der Waals surface area contributed by atoms with Gasteiger partial charge >= 0.3 is 0 Å². The lowest BCUT2D eigenvalue weighted by atomic mass is 9.80. The second-order valence-electron chi connectivity index (χ2n) is 5.68. The first-order valence-electron chi connectivity index (χ1n) is 7.29. The zero-order valence-corrected chi connectivity index (χ0v) is 11.5. The van der Waals surface area contributed by atoms with Crippen molar-refractivity contribution in [3.05, 3.63) is 30.5 Å². The summed E-state index contributed by atoms with van der Waals surface area (Å²) < 4.78 is 0. The van der Waals surface area contributed by atoms with Gasteiger partial charge in [0.2, 0.25) is 0 Å². The van der Waals surface area contributed by atoms with Crippen LogP contribution in [-0.2, 0) is 0 Å². The molecule has 3 rings (SSSR count). The topological polar surface area (TPSA) is 37.8 Å². The molecule has 0 aliphatic heterocycles. The van der Waals surface area contributed by atoms with Crippen molar-refractivity contribution in [1.82, 2.24) is 10.2 Å². The van der Waals surface area contributed by atoms with Crippen LogP contribution < -0.4 is 5.32 Å². The first-order valence-corrected chi connectivity index (χ1v) is 7.29. The number of aromatic nitrogens is 2. The van der Waals surface area contributed by atoms with E-state index in [1.54, 1.807) is 0 Å². The molecule has 2 aromatic rings. The van der Waals surface area contributed by atoms with Crippen LogP contribution in [0, 0.1) is 11.8 Å². The van der Waals surface area contributed by atoms with E-state index in [-0.39, 0.29) is 0 Å². The molecule has 0 spiro atoms. The maximum atomic E-state index is 4.26. The first-order chi connectivity index (χ1) is 9.34. The maximum absolute atomic E-state index is 4.26. The number of fused-ring (bicyclic) bond motifs is 1. The van der Waals surface area contributed by atoms with E-state index in [9.17, 15) is 0 Å². The summed E-state index contributed by atoms with van der Waals surface area (Å²) in [7, 11) is 0. The van der Waals surface area contributed by atoms with Crippen molar-refractivity contribution in [2.24, 2.45) is 11.8 Å². The molecule has 2 atom stereocenters. The van der Waals surface area contributed by atoms with Crippen LogP contribution in [0.2, 0.25) is 0 Å². The lowest BCUT2D eigenvalue weighted by molar-refractivity contribution is 0.268. The van der Waals surface area contributed by atoms with E-state index in [0.29, 0.717) is 0 Å². The molecule has 1 heterocycles. The zero-order chi connectivity index (χ0) is 13.1. The Morgan fingerprint density at radius 3 is 2.95 bits per heavy atom. The minimum atomic E-state index is 0.773. The molecule has 0 amide bonds. The van der Waals surface area contributed by atoms with E-state index in [1.807, 2.05) is 12.3 Å². The maximum Gasteiger partial charge on any atom is 0.156 e. The van der Waals surface area contributed by atoms with Gasteiger partial charge in [-0.2, -0.15) is 5.10 Å². The molecule has 100 valence electrons. The zero-order valence-electron chi connectivity index (χ0n) is 11.5. The average molecular weight is 255 g/mol. The normalized spacial score (nSPS) is 23.4. The Bertz CT molecular complexity index is 547. The predicted octanol–water partition coefficient (Wildman–Crippen LogP) is 3.87. The SMILES string of the molecule is CC1CCCCC1CNc1nncc2ccccc12. The van der Waals surface area contributed by atoms with Gasteiger partial charge in [-0.15, -0.1) is 5.10 Å². The molecule has 1 fully saturated rings. The van der Waals surface area contributed by atoms with Gasteiger partial charge in [0.05, 0.1) is 6.20 Å². The molecule has 1 aliphatic rings. The summed E-state index contributed by atoms with van der Waals surface area (Å²) in [4.78, 5) is 0. The fourth-order valence-corrected chi connectivity index (χ4v) is 3.08. The Labute approximate surface area is 114 Å². The Kier molecular flexibility index (Phi) is 3.62. The number of hydrogen-bond acceptors (Lipinski definition) is 3. The Balaban J connectivity index is 1.74. The molecule has 19 heavy (non-hydrogen) atoms. The number of anilines is 1. The number of benzene rings is 1. The van der Waals surface area contributed by atoms with E-state index < -0.39 is 0 Å². The van der Waals surface area contributed by atoms with Gasteiger partial charge in [0, 0.05) is 17.3 Å². The van der Waals surface area contributed by atoms with Gasteiger partial charge in [-0.05, 0) is 18.3 Å². The van der Waals surface area contributed by atoms with Crippen molar-refractivity contribution in [3.63, 3.8) is 0 Å². The highest BCUT2D eigenvalue weighted by Gasteiger charge is 2.21. The molecule has 1 saturated carbocycles. The summed E-state index contributed by atoms with van der Waals surface area (Å²) in [5, 5.41) is 14.2. The van der Waals surface area contributed by atoms with E-state index in [4.69, 9.17) is 0 Å². The molecule has 1 aliphatic carbocycles. The fraction of sp³-hybridized carbons (Fsp3) is 0.500. The van der Waals surface area contributed by atoms with Gasteiger partial charge in [0.1, 0.15) is 0 Å². The Morgan fingerprint density at radius 2 is 2.05 bits per heavy atom. The van der Waals surface area contributed by atoms with Crippen molar-refractivity contribution < 1.29 is 0 Å². The lowest BCUT2D eigenvalue weighted by Gasteiger charge is -2.29. The molecule has 0 bridgehead atoms. The van der Waals surface area contributed by atoms with Gasteiger partial charge in [0.15, 0.2) is 5.82 Å². The highest BCUT2D eigenvalue weighted by molar-refractivity contribution is 5.90. The van der Waals surface area contributed by atoms with Crippen LogP contribution >= 0.6 is 0 Å². The summed E-state index contributed by atoms with van der Waals surface area (Å²) in [5.74, 6) is 2.52. The minimum absolute atomic E-state index is 0.773. The number of nitrogens with one attached hydrogen (secondary N) is 1. The second kappa shape index (κ2) is 5.55. The van der Waals surface area contributed by atoms with Crippen molar-refractivity contribution in [2.75, 3.05) is 11.9 Å². The third-order valence-corrected chi connectivity index (χ3v) is 4.39. The number of nitrogens with zero attached hydrogens (tertiary/aromatic N) is 2. The van der Waals surface area contributed by atoms with Gasteiger partial charge in [0.25, 0.3) is 0 Å². The Morgan fingerprint density at radius 1 is 1.21 bits per heavy atom. The van der Waals surface area contributed by atoms with E-state index in [2.05, 4.69) is 40.6 Å². The fourth-order valence-electron chi connectivity index (χ4n) is 3.08. The van der Waals surface area contributed by atoms with Crippen molar-refractivity contribution in [2.45, 2.75) is 32.6 Å². The van der Waals surface area contributed by atoms with Gasteiger partial charge < -0.3 is 5.32 Å². The van der Waals surface area contributed by atoms with Crippen molar-refractivity contribution in [1.29, 1.82) is 0 Å².